The molecule has 1 aromatic heterocycles. The third-order valence-electron chi connectivity index (χ3n) is 3.43. The molecule has 0 amide bonds. The molecule has 1 saturated heterocycles. The molecule has 0 spiro atoms. The maximum atomic E-state index is 10.7. The summed E-state index contributed by atoms with van der Waals surface area (Å²) in [6.45, 7) is 7.35. The number of carboxylic acid groups (broad SMARTS) is 1. The highest BCUT2D eigenvalue weighted by atomic mass is 16.5. The van der Waals surface area contributed by atoms with Gasteiger partial charge in [-0.1, -0.05) is 12.1 Å². The lowest BCUT2D eigenvalue weighted by Gasteiger charge is -2.38. The highest BCUT2D eigenvalue weighted by molar-refractivity contribution is 5.84. The van der Waals surface area contributed by atoms with E-state index >= 15 is 0 Å². The Labute approximate surface area is 112 Å². The summed E-state index contributed by atoms with van der Waals surface area (Å²) in [7, 11) is 0. The number of aromatic nitrogens is 3. The molecule has 0 bridgehead atoms. The maximum absolute atomic E-state index is 10.7. The average molecular weight is 268 g/mol. The summed E-state index contributed by atoms with van der Waals surface area (Å²) in [6.07, 6.45) is 2.76. The van der Waals surface area contributed by atoms with Crippen LogP contribution in [0.5, 0.6) is 0 Å². The summed E-state index contributed by atoms with van der Waals surface area (Å²) in [5.41, 5.74) is -0.0117. The zero-order chi connectivity index (χ0) is 13.8. The van der Waals surface area contributed by atoms with Gasteiger partial charge in [0.05, 0.1) is 25.5 Å². The largest absolute Gasteiger partial charge is 0.476 e. The number of aromatic carboxylic acids is 1. The van der Waals surface area contributed by atoms with Crippen LogP contribution in [0.25, 0.3) is 0 Å². The van der Waals surface area contributed by atoms with Gasteiger partial charge in [-0.3, -0.25) is 9.58 Å². The molecule has 2 heterocycles. The number of morpholine rings is 1. The van der Waals surface area contributed by atoms with E-state index in [1.165, 1.54) is 6.20 Å². The van der Waals surface area contributed by atoms with Crippen LogP contribution in [0.3, 0.4) is 0 Å². The van der Waals surface area contributed by atoms with E-state index in [0.29, 0.717) is 12.6 Å². The van der Waals surface area contributed by atoms with Crippen LogP contribution >= 0.6 is 0 Å². The topological polar surface area (TPSA) is 80.5 Å². The fourth-order valence-electron chi connectivity index (χ4n) is 2.30. The molecule has 1 aliphatic heterocycles. The van der Waals surface area contributed by atoms with Crippen molar-refractivity contribution < 1.29 is 14.6 Å². The van der Waals surface area contributed by atoms with E-state index in [0.717, 1.165) is 26.1 Å². The second-order valence-electron chi connectivity index (χ2n) is 4.87. The Bertz CT molecular complexity index is 434. The first-order valence-electron chi connectivity index (χ1n) is 6.59. The van der Waals surface area contributed by atoms with Crippen LogP contribution in [0.1, 0.15) is 30.8 Å². The molecule has 1 aliphatic rings. The lowest BCUT2D eigenvalue weighted by Crippen LogP contribution is -2.49. The van der Waals surface area contributed by atoms with Crippen LogP contribution in [-0.2, 0) is 11.3 Å². The van der Waals surface area contributed by atoms with Gasteiger partial charge >= 0.3 is 5.97 Å². The lowest BCUT2D eigenvalue weighted by molar-refractivity contribution is -0.0569. The van der Waals surface area contributed by atoms with Gasteiger partial charge in [0.15, 0.2) is 5.69 Å². The normalized spacial score (nSPS) is 24.5. The van der Waals surface area contributed by atoms with E-state index in [-0.39, 0.29) is 11.8 Å². The van der Waals surface area contributed by atoms with E-state index in [9.17, 15) is 4.79 Å². The molecule has 106 valence electrons. The summed E-state index contributed by atoms with van der Waals surface area (Å²) in [5, 5.41) is 16.2. The van der Waals surface area contributed by atoms with Gasteiger partial charge in [0.2, 0.25) is 0 Å². The Balaban J connectivity index is 1.90. The van der Waals surface area contributed by atoms with Gasteiger partial charge in [0.1, 0.15) is 0 Å². The molecule has 2 unspecified atom stereocenters. The SMILES string of the molecule is CCC1COC(C)CN1CCn1cc(C(=O)O)nn1. The quantitative estimate of drug-likeness (QED) is 0.836. The van der Waals surface area contributed by atoms with Crippen molar-refractivity contribution in [2.75, 3.05) is 19.7 Å². The number of hydrogen-bond donors (Lipinski definition) is 1. The Hall–Kier alpha value is -1.47. The zero-order valence-corrected chi connectivity index (χ0v) is 11.3. The van der Waals surface area contributed by atoms with Crippen LogP contribution in [0.2, 0.25) is 0 Å². The number of nitrogens with zero attached hydrogens (tertiary/aromatic N) is 4. The fraction of sp³-hybridized carbons (Fsp3) is 0.750. The molecule has 0 radical (unpaired) electrons. The summed E-state index contributed by atoms with van der Waals surface area (Å²) in [5.74, 6) is -1.04. The Morgan fingerprint density at radius 1 is 1.58 bits per heavy atom. The zero-order valence-electron chi connectivity index (χ0n) is 11.3. The van der Waals surface area contributed by atoms with Crippen LogP contribution in [0.15, 0.2) is 6.20 Å². The van der Waals surface area contributed by atoms with Gasteiger partial charge < -0.3 is 9.84 Å². The summed E-state index contributed by atoms with van der Waals surface area (Å²) < 4.78 is 7.22. The highest BCUT2D eigenvalue weighted by Gasteiger charge is 2.25. The third-order valence-corrected chi connectivity index (χ3v) is 3.43. The standard InChI is InChI=1S/C12H20N4O3/c1-3-10-8-19-9(2)6-15(10)4-5-16-7-11(12(17)18)13-14-16/h7,9-10H,3-6,8H2,1-2H3,(H,17,18). The maximum Gasteiger partial charge on any atom is 0.358 e. The minimum absolute atomic E-state index is 0.0117. The Kier molecular flexibility index (Phi) is 4.49. The molecular weight excluding hydrogens is 248 g/mol. The molecule has 0 aromatic carbocycles. The van der Waals surface area contributed by atoms with Gasteiger partial charge in [-0.2, -0.15) is 0 Å². The second kappa shape index (κ2) is 6.12. The molecule has 7 heteroatoms. The smallest absolute Gasteiger partial charge is 0.358 e. The van der Waals surface area contributed by atoms with E-state index < -0.39 is 5.97 Å². The highest BCUT2D eigenvalue weighted by Crippen LogP contribution is 2.14. The van der Waals surface area contributed by atoms with Crippen LogP contribution in [0, 0.1) is 0 Å². The second-order valence-corrected chi connectivity index (χ2v) is 4.87. The van der Waals surface area contributed by atoms with Crippen molar-refractivity contribution in [3.63, 3.8) is 0 Å². The molecule has 19 heavy (non-hydrogen) atoms. The van der Waals surface area contributed by atoms with Crippen molar-refractivity contribution in [3.8, 4) is 0 Å². The molecule has 0 saturated carbocycles. The average Bonchev–Trinajstić information content (AvgIpc) is 2.85. The molecule has 1 N–H and O–H groups in total. The molecular formula is C12H20N4O3. The number of carboxylic acids is 1. The Morgan fingerprint density at radius 2 is 2.37 bits per heavy atom. The van der Waals surface area contributed by atoms with E-state index in [1.807, 2.05) is 0 Å². The number of hydrogen-bond acceptors (Lipinski definition) is 5. The first-order chi connectivity index (χ1) is 9.10. The lowest BCUT2D eigenvalue weighted by atomic mass is 10.1. The first kappa shape index (κ1) is 14.0. The molecule has 2 atom stereocenters. The predicted molar refractivity (Wildman–Crippen MR) is 68.0 cm³/mol. The summed E-state index contributed by atoms with van der Waals surface area (Å²) in [4.78, 5) is 13.1. The van der Waals surface area contributed by atoms with Crippen molar-refractivity contribution in [1.29, 1.82) is 0 Å². The van der Waals surface area contributed by atoms with E-state index in [4.69, 9.17) is 9.84 Å². The van der Waals surface area contributed by atoms with Crippen molar-refractivity contribution in [2.24, 2.45) is 0 Å². The summed E-state index contributed by atoms with van der Waals surface area (Å²) >= 11 is 0. The third kappa shape index (κ3) is 3.51. The van der Waals surface area contributed by atoms with Gasteiger partial charge in [-0.15, -0.1) is 5.10 Å². The van der Waals surface area contributed by atoms with Gasteiger partial charge in [-0.25, -0.2) is 4.79 Å². The van der Waals surface area contributed by atoms with Crippen molar-refractivity contribution in [1.82, 2.24) is 19.9 Å². The summed E-state index contributed by atoms with van der Waals surface area (Å²) in [6, 6.07) is 0.429. The van der Waals surface area contributed by atoms with Gasteiger partial charge in [0, 0.05) is 19.1 Å². The molecule has 1 aromatic rings. The predicted octanol–water partition coefficient (Wildman–Crippen LogP) is 0.476. The fourth-order valence-corrected chi connectivity index (χ4v) is 2.30. The minimum Gasteiger partial charge on any atom is -0.476 e. The Morgan fingerprint density at radius 3 is 3.00 bits per heavy atom. The molecule has 1 fully saturated rings. The van der Waals surface area contributed by atoms with Crippen molar-refractivity contribution >= 4 is 5.97 Å². The number of ether oxygens (including phenoxy) is 1. The number of rotatable bonds is 5. The van der Waals surface area contributed by atoms with E-state index in [1.54, 1.807) is 4.68 Å². The van der Waals surface area contributed by atoms with Gasteiger partial charge in [-0.05, 0) is 13.3 Å². The van der Waals surface area contributed by atoms with Gasteiger partial charge in [0.25, 0.3) is 0 Å². The van der Waals surface area contributed by atoms with Crippen LogP contribution < -0.4 is 0 Å². The van der Waals surface area contributed by atoms with Crippen LogP contribution in [0.4, 0.5) is 0 Å². The molecule has 0 aliphatic carbocycles. The van der Waals surface area contributed by atoms with E-state index in [2.05, 4.69) is 29.1 Å². The first-order valence-corrected chi connectivity index (χ1v) is 6.59. The number of carbonyl (C=O) groups is 1. The van der Waals surface area contributed by atoms with Crippen molar-refractivity contribution in [2.45, 2.75) is 39.0 Å². The molecule has 7 nitrogen and oxygen atoms in total. The van der Waals surface area contributed by atoms with Crippen LogP contribution in [-0.4, -0.2) is 62.8 Å². The van der Waals surface area contributed by atoms with Crippen molar-refractivity contribution in [3.05, 3.63) is 11.9 Å². The monoisotopic (exact) mass is 268 g/mol. The molecule has 2 rings (SSSR count). The minimum atomic E-state index is -1.04.